The van der Waals surface area contributed by atoms with Crippen LogP contribution in [0, 0.1) is 17.8 Å². The summed E-state index contributed by atoms with van der Waals surface area (Å²) in [6, 6.07) is -0.210. The van der Waals surface area contributed by atoms with Gasteiger partial charge in [-0.1, -0.05) is 27.7 Å². The average Bonchev–Trinajstić information content (AvgIpc) is 2.43. The lowest BCUT2D eigenvalue weighted by atomic mass is 9.95. The molecular weight excluding hydrogens is 256 g/mol. The molecule has 5 heteroatoms. The van der Waals surface area contributed by atoms with E-state index in [9.17, 15) is 14.7 Å². The summed E-state index contributed by atoms with van der Waals surface area (Å²) < 4.78 is 0. The molecular formula is C15H28N2O3. The van der Waals surface area contributed by atoms with Crippen molar-refractivity contribution in [3.63, 3.8) is 0 Å². The number of likely N-dealkylation sites (tertiary alicyclic amines) is 1. The summed E-state index contributed by atoms with van der Waals surface area (Å²) in [7, 11) is 0. The molecule has 0 aromatic carbocycles. The van der Waals surface area contributed by atoms with Crippen LogP contribution < -0.4 is 5.32 Å². The van der Waals surface area contributed by atoms with Crippen LogP contribution in [0.25, 0.3) is 0 Å². The van der Waals surface area contributed by atoms with Crippen LogP contribution in [-0.4, -0.2) is 47.6 Å². The van der Waals surface area contributed by atoms with Crippen molar-refractivity contribution in [3.05, 3.63) is 0 Å². The number of hydrogen-bond acceptors (Lipinski definition) is 3. The third-order valence-corrected chi connectivity index (χ3v) is 3.93. The number of rotatable bonds is 5. The Morgan fingerprint density at radius 1 is 1.30 bits per heavy atom. The molecule has 1 heterocycles. The molecule has 1 aliphatic rings. The number of nitrogens with zero attached hydrogens (tertiary/aromatic N) is 1. The zero-order valence-electron chi connectivity index (χ0n) is 13.1. The van der Waals surface area contributed by atoms with Crippen LogP contribution in [0.2, 0.25) is 0 Å². The molecule has 1 rings (SSSR count). The average molecular weight is 284 g/mol. The maximum absolute atomic E-state index is 12.2. The zero-order chi connectivity index (χ0) is 15.3. The van der Waals surface area contributed by atoms with E-state index in [-0.39, 0.29) is 42.2 Å². The van der Waals surface area contributed by atoms with Crippen molar-refractivity contribution in [2.45, 2.75) is 46.6 Å². The molecule has 0 aromatic rings. The Kier molecular flexibility index (Phi) is 6.46. The van der Waals surface area contributed by atoms with Gasteiger partial charge < -0.3 is 15.3 Å². The molecule has 1 saturated heterocycles. The summed E-state index contributed by atoms with van der Waals surface area (Å²) in [5.41, 5.74) is 0. The van der Waals surface area contributed by atoms with Crippen molar-refractivity contribution < 1.29 is 14.7 Å². The Bertz CT molecular complexity index is 342. The van der Waals surface area contributed by atoms with Gasteiger partial charge in [0.1, 0.15) is 0 Å². The Hall–Kier alpha value is -1.10. The normalized spacial score (nSPS) is 21.1. The Balaban J connectivity index is 2.58. The standard InChI is InChI=1S/C15H28N2O3/c1-10(2)13(9-18)16-14(19)12-6-5-7-17(8-12)15(20)11(3)4/h10-13,18H,5-9H2,1-4H3,(H,16,19). The number of carbonyl (C=O) groups is 2. The van der Waals surface area contributed by atoms with E-state index in [1.54, 1.807) is 4.90 Å². The van der Waals surface area contributed by atoms with E-state index in [1.807, 2.05) is 27.7 Å². The molecule has 0 aliphatic carbocycles. The van der Waals surface area contributed by atoms with Gasteiger partial charge in [0.2, 0.25) is 11.8 Å². The maximum atomic E-state index is 12.2. The second-order valence-electron chi connectivity index (χ2n) is 6.32. The van der Waals surface area contributed by atoms with Crippen LogP contribution in [0.5, 0.6) is 0 Å². The number of amides is 2. The first-order valence-corrected chi connectivity index (χ1v) is 7.56. The second kappa shape index (κ2) is 7.62. The van der Waals surface area contributed by atoms with E-state index in [4.69, 9.17) is 0 Å². The largest absolute Gasteiger partial charge is 0.394 e. The lowest BCUT2D eigenvalue weighted by Crippen LogP contribution is -2.50. The van der Waals surface area contributed by atoms with Crippen molar-refractivity contribution in [2.75, 3.05) is 19.7 Å². The van der Waals surface area contributed by atoms with Crippen LogP contribution in [0.4, 0.5) is 0 Å². The van der Waals surface area contributed by atoms with Crippen LogP contribution >= 0.6 is 0 Å². The first kappa shape index (κ1) is 17.0. The Morgan fingerprint density at radius 3 is 2.45 bits per heavy atom. The van der Waals surface area contributed by atoms with Gasteiger partial charge in [-0.25, -0.2) is 0 Å². The van der Waals surface area contributed by atoms with E-state index in [2.05, 4.69) is 5.32 Å². The molecule has 2 amide bonds. The Morgan fingerprint density at radius 2 is 1.95 bits per heavy atom. The minimum absolute atomic E-state index is 0.0299. The van der Waals surface area contributed by atoms with Crippen LogP contribution in [0.3, 0.4) is 0 Å². The highest BCUT2D eigenvalue weighted by Crippen LogP contribution is 2.19. The quantitative estimate of drug-likeness (QED) is 0.792. The van der Waals surface area contributed by atoms with E-state index in [0.717, 1.165) is 19.4 Å². The lowest BCUT2D eigenvalue weighted by molar-refractivity contribution is -0.138. The predicted molar refractivity (Wildman–Crippen MR) is 78.0 cm³/mol. The molecule has 0 saturated carbocycles. The summed E-state index contributed by atoms with van der Waals surface area (Å²) in [6.45, 7) is 8.89. The van der Waals surface area contributed by atoms with Gasteiger partial charge in [-0.05, 0) is 18.8 Å². The number of hydrogen-bond donors (Lipinski definition) is 2. The fraction of sp³-hybridized carbons (Fsp3) is 0.867. The summed E-state index contributed by atoms with van der Waals surface area (Å²) >= 11 is 0. The number of aliphatic hydroxyl groups is 1. The highest BCUT2D eigenvalue weighted by Gasteiger charge is 2.30. The first-order valence-electron chi connectivity index (χ1n) is 7.56. The highest BCUT2D eigenvalue weighted by atomic mass is 16.3. The monoisotopic (exact) mass is 284 g/mol. The van der Waals surface area contributed by atoms with Gasteiger partial charge in [0.25, 0.3) is 0 Å². The molecule has 1 fully saturated rings. The molecule has 2 atom stereocenters. The van der Waals surface area contributed by atoms with Gasteiger partial charge >= 0.3 is 0 Å². The van der Waals surface area contributed by atoms with Crippen molar-refractivity contribution in [1.29, 1.82) is 0 Å². The highest BCUT2D eigenvalue weighted by molar-refractivity contribution is 5.82. The fourth-order valence-electron chi connectivity index (χ4n) is 2.48. The molecule has 0 spiro atoms. The first-order chi connectivity index (χ1) is 9.36. The van der Waals surface area contributed by atoms with Crippen LogP contribution in [0.15, 0.2) is 0 Å². The van der Waals surface area contributed by atoms with Crippen molar-refractivity contribution >= 4 is 11.8 Å². The van der Waals surface area contributed by atoms with Gasteiger partial charge in [-0.15, -0.1) is 0 Å². The van der Waals surface area contributed by atoms with Gasteiger partial charge in [-0.2, -0.15) is 0 Å². The molecule has 2 N–H and O–H groups in total. The minimum atomic E-state index is -0.210. The van der Waals surface area contributed by atoms with Crippen molar-refractivity contribution in [1.82, 2.24) is 10.2 Å². The summed E-state index contributed by atoms with van der Waals surface area (Å²) in [6.07, 6.45) is 1.67. The molecule has 1 aliphatic heterocycles. The minimum Gasteiger partial charge on any atom is -0.394 e. The molecule has 116 valence electrons. The van der Waals surface area contributed by atoms with E-state index < -0.39 is 0 Å². The summed E-state index contributed by atoms with van der Waals surface area (Å²) in [4.78, 5) is 26.0. The summed E-state index contributed by atoms with van der Waals surface area (Å²) in [5.74, 6) is 0.0851. The van der Waals surface area contributed by atoms with E-state index in [0.29, 0.717) is 6.54 Å². The molecule has 2 unspecified atom stereocenters. The Labute approximate surface area is 121 Å². The molecule has 0 aromatic heterocycles. The van der Waals surface area contributed by atoms with Crippen molar-refractivity contribution in [3.8, 4) is 0 Å². The molecule has 20 heavy (non-hydrogen) atoms. The third-order valence-electron chi connectivity index (χ3n) is 3.93. The fourth-order valence-corrected chi connectivity index (χ4v) is 2.48. The predicted octanol–water partition coefficient (Wildman–Crippen LogP) is 1.01. The van der Waals surface area contributed by atoms with Gasteiger partial charge in [0, 0.05) is 19.0 Å². The smallest absolute Gasteiger partial charge is 0.225 e. The van der Waals surface area contributed by atoms with Gasteiger partial charge in [0.15, 0.2) is 0 Å². The van der Waals surface area contributed by atoms with E-state index in [1.165, 1.54) is 0 Å². The number of piperidine rings is 1. The van der Waals surface area contributed by atoms with Gasteiger partial charge in [-0.3, -0.25) is 9.59 Å². The number of nitrogens with one attached hydrogen (secondary N) is 1. The topological polar surface area (TPSA) is 69.6 Å². The number of aliphatic hydroxyl groups excluding tert-OH is 1. The number of carbonyl (C=O) groups excluding carboxylic acids is 2. The lowest BCUT2D eigenvalue weighted by Gasteiger charge is -2.34. The third kappa shape index (κ3) is 4.47. The molecule has 0 radical (unpaired) electrons. The zero-order valence-corrected chi connectivity index (χ0v) is 13.1. The van der Waals surface area contributed by atoms with Crippen LogP contribution in [-0.2, 0) is 9.59 Å². The molecule has 5 nitrogen and oxygen atoms in total. The van der Waals surface area contributed by atoms with Gasteiger partial charge in [0.05, 0.1) is 18.6 Å². The maximum Gasteiger partial charge on any atom is 0.225 e. The van der Waals surface area contributed by atoms with Crippen molar-refractivity contribution in [2.24, 2.45) is 17.8 Å². The van der Waals surface area contributed by atoms with E-state index >= 15 is 0 Å². The molecule has 0 bridgehead atoms. The SMILES string of the molecule is CC(C)C(=O)N1CCCC(C(=O)NC(CO)C(C)C)C1. The van der Waals surface area contributed by atoms with Crippen LogP contribution in [0.1, 0.15) is 40.5 Å². The summed E-state index contributed by atoms with van der Waals surface area (Å²) in [5, 5.41) is 12.2. The second-order valence-corrected chi connectivity index (χ2v) is 6.32.